The molecular formula is C20H20F3N5O3S. The Morgan fingerprint density at radius 3 is 2.62 bits per heavy atom. The number of carbonyl (C=O) groups is 1. The molecule has 0 aliphatic carbocycles. The maximum atomic E-state index is 12.6. The van der Waals surface area contributed by atoms with E-state index in [0.717, 1.165) is 17.5 Å². The van der Waals surface area contributed by atoms with Crippen molar-refractivity contribution in [3.8, 4) is 17.1 Å². The van der Waals surface area contributed by atoms with Crippen LogP contribution < -0.4 is 15.0 Å². The van der Waals surface area contributed by atoms with E-state index in [0.29, 0.717) is 54.0 Å². The van der Waals surface area contributed by atoms with Gasteiger partial charge in [0.25, 0.3) is 0 Å². The first kappa shape index (κ1) is 22.1. The van der Waals surface area contributed by atoms with Crippen LogP contribution in [0, 0.1) is 5.92 Å². The normalized spacial score (nSPS) is 15.1. The Morgan fingerprint density at radius 2 is 2.00 bits per heavy atom. The lowest BCUT2D eigenvalue weighted by Gasteiger charge is -2.29. The van der Waals surface area contributed by atoms with Crippen LogP contribution in [0.1, 0.15) is 22.7 Å². The fourth-order valence-corrected chi connectivity index (χ4v) is 4.09. The third-order valence-electron chi connectivity index (χ3n) is 5.13. The average Bonchev–Trinajstić information content (AvgIpc) is 3.48. The van der Waals surface area contributed by atoms with E-state index in [4.69, 9.17) is 9.26 Å². The molecule has 8 nitrogen and oxygen atoms in total. The highest BCUT2D eigenvalue weighted by Crippen LogP contribution is 2.32. The third-order valence-corrected chi connectivity index (χ3v) is 6.17. The molecule has 32 heavy (non-hydrogen) atoms. The van der Waals surface area contributed by atoms with Crippen molar-refractivity contribution in [3.63, 3.8) is 0 Å². The van der Waals surface area contributed by atoms with E-state index in [-0.39, 0.29) is 18.4 Å². The van der Waals surface area contributed by atoms with Crippen LogP contribution in [0.2, 0.25) is 0 Å². The highest BCUT2D eigenvalue weighted by atomic mass is 32.1. The molecule has 0 spiro atoms. The average molecular weight is 467 g/mol. The number of amides is 1. The predicted octanol–water partition coefficient (Wildman–Crippen LogP) is 3.75. The summed E-state index contributed by atoms with van der Waals surface area (Å²) in [7, 11) is 1.59. The van der Waals surface area contributed by atoms with Gasteiger partial charge in [0, 0.05) is 35.6 Å². The summed E-state index contributed by atoms with van der Waals surface area (Å²) in [4.78, 5) is 22.5. The van der Waals surface area contributed by atoms with Crippen molar-refractivity contribution in [1.82, 2.24) is 20.4 Å². The summed E-state index contributed by atoms with van der Waals surface area (Å²) in [5.41, 5.74) is 0.798. The summed E-state index contributed by atoms with van der Waals surface area (Å²) < 4.78 is 48.4. The van der Waals surface area contributed by atoms with Gasteiger partial charge in [-0.15, -0.1) is 11.3 Å². The molecule has 0 radical (unpaired) electrons. The van der Waals surface area contributed by atoms with E-state index in [9.17, 15) is 18.0 Å². The molecule has 3 heterocycles. The van der Waals surface area contributed by atoms with Gasteiger partial charge in [-0.2, -0.15) is 18.2 Å². The number of rotatable bonds is 6. The largest absolute Gasteiger partial charge is 0.497 e. The molecule has 1 N–H and O–H groups in total. The topological polar surface area (TPSA) is 93.4 Å². The van der Waals surface area contributed by atoms with Crippen molar-refractivity contribution in [2.24, 2.45) is 5.92 Å². The fraction of sp³-hybridized carbons (Fsp3) is 0.400. The minimum atomic E-state index is -4.47. The lowest BCUT2D eigenvalue weighted by atomic mass is 9.96. The number of hydrogen-bond donors (Lipinski definition) is 1. The number of carbonyl (C=O) groups excluding carboxylic acids is 1. The highest BCUT2D eigenvalue weighted by molar-refractivity contribution is 7.11. The highest BCUT2D eigenvalue weighted by Gasteiger charge is 2.34. The Balaban J connectivity index is 1.28. The number of anilines is 1. The summed E-state index contributed by atoms with van der Waals surface area (Å²) in [5, 5.41) is 5.81. The van der Waals surface area contributed by atoms with Crippen LogP contribution in [0.4, 0.5) is 19.2 Å². The van der Waals surface area contributed by atoms with Crippen molar-refractivity contribution in [1.29, 1.82) is 0 Å². The molecule has 1 aliphatic heterocycles. The van der Waals surface area contributed by atoms with E-state index >= 15 is 0 Å². The Morgan fingerprint density at radius 1 is 1.28 bits per heavy atom. The summed E-state index contributed by atoms with van der Waals surface area (Å²) >= 11 is 0.535. The maximum absolute atomic E-state index is 12.6. The van der Waals surface area contributed by atoms with Gasteiger partial charge in [0.05, 0.1) is 13.7 Å². The molecule has 2 aromatic heterocycles. The summed E-state index contributed by atoms with van der Waals surface area (Å²) in [5.74, 6) is 0.778. The van der Waals surface area contributed by atoms with Crippen LogP contribution in [-0.2, 0) is 17.5 Å². The molecule has 1 saturated heterocycles. The number of hydrogen-bond acceptors (Lipinski definition) is 8. The van der Waals surface area contributed by atoms with Gasteiger partial charge in [0.15, 0.2) is 5.01 Å². The van der Waals surface area contributed by atoms with Crippen molar-refractivity contribution in [2.45, 2.75) is 25.6 Å². The number of nitrogens with one attached hydrogen (secondary N) is 1. The molecule has 12 heteroatoms. The Kier molecular flexibility index (Phi) is 6.31. The number of methoxy groups -OCH3 is 1. The van der Waals surface area contributed by atoms with Crippen molar-refractivity contribution in [3.05, 3.63) is 40.3 Å². The lowest BCUT2D eigenvalue weighted by Crippen LogP contribution is -2.40. The minimum Gasteiger partial charge on any atom is -0.497 e. The number of piperidine rings is 1. The van der Waals surface area contributed by atoms with Gasteiger partial charge < -0.3 is 19.5 Å². The molecule has 4 rings (SSSR count). The summed E-state index contributed by atoms with van der Waals surface area (Å²) in [6.45, 7) is 1.14. The standard InChI is InChI=1S/C20H20F3N5O3S/c1-30-14-4-2-12(3-5-14)16-26-19(31-27-16)28-8-6-13(7-9-28)17(29)24-10-15-11-25-18(32-15)20(21,22)23/h2-5,11,13H,6-10H2,1H3,(H,24,29). The van der Waals surface area contributed by atoms with Crippen molar-refractivity contribution in [2.75, 3.05) is 25.1 Å². The molecule has 0 bridgehead atoms. The zero-order chi connectivity index (χ0) is 22.7. The molecule has 0 saturated carbocycles. The third kappa shape index (κ3) is 5.01. The second-order valence-electron chi connectivity index (χ2n) is 7.24. The van der Waals surface area contributed by atoms with Crippen LogP contribution >= 0.6 is 11.3 Å². The Hall–Kier alpha value is -3.15. The quantitative estimate of drug-likeness (QED) is 0.590. The SMILES string of the molecule is COc1ccc(-c2noc(N3CCC(C(=O)NCc4cnc(C(F)(F)F)s4)CC3)n2)cc1. The van der Waals surface area contributed by atoms with Gasteiger partial charge in [-0.05, 0) is 37.1 Å². The van der Waals surface area contributed by atoms with Crippen LogP contribution in [-0.4, -0.2) is 41.2 Å². The smallest absolute Gasteiger partial charge is 0.443 e. The van der Waals surface area contributed by atoms with Crippen molar-refractivity contribution >= 4 is 23.3 Å². The van der Waals surface area contributed by atoms with Gasteiger partial charge in [0.2, 0.25) is 11.7 Å². The molecule has 1 amide bonds. The van der Waals surface area contributed by atoms with Gasteiger partial charge in [-0.1, -0.05) is 5.16 Å². The second kappa shape index (κ2) is 9.15. The second-order valence-corrected chi connectivity index (χ2v) is 8.35. The van der Waals surface area contributed by atoms with Gasteiger partial charge >= 0.3 is 12.2 Å². The molecule has 1 aromatic carbocycles. The monoisotopic (exact) mass is 467 g/mol. The van der Waals surface area contributed by atoms with Gasteiger partial charge in [-0.25, -0.2) is 4.98 Å². The van der Waals surface area contributed by atoms with Crippen molar-refractivity contribution < 1.29 is 27.2 Å². The Labute approximate surface area is 185 Å². The molecule has 0 atom stereocenters. The van der Waals surface area contributed by atoms with Crippen LogP contribution in [0.3, 0.4) is 0 Å². The lowest BCUT2D eigenvalue weighted by molar-refractivity contribution is -0.137. The number of nitrogens with zero attached hydrogens (tertiary/aromatic N) is 4. The molecule has 3 aromatic rings. The van der Waals surface area contributed by atoms with E-state index in [1.165, 1.54) is 0 Å². The molecule has 1 aliphatic rings. The van der Waals surface area contributed by atoms with E-state index in [2.05, 4.69) is 20.4 Å². The molecule has 1 fully saturated rings. The zero-order valence-corrected chi connectivity index (χ0v) is 17.9. The van der Waals surface area contributed by atoms with Gasteiger partial charge in [0.1, 0.15) is 5.75 Å². The number of halogens is 3. The number of thiazole rings is 1. The van der Waals surface area contributed by atoms with E-state index < -0.39 is 11.2 Å². The first-order valence-electron chi connectivity index (χ1n) is 9.86. The predicted molar refractivity (Wildman–Crippen MR) is 110 cm³/mol. The Bertz CT molecular complexity index is 1060. The summed E-state index contributed by atoms with van der Waals surface area (Å²) in [6, 6.07) is 7.69. The van der Waals surface area contributed by atoms with Crippen LogP contribution in [0.15, 0.2) is 35.0 Å². The first-order valence-corrected chi connectivity index (χ1v) is 10.7. The van der Waals surface area contributed by atoms with Gasteiger partial charge in [-0.3, -0.25) is 4.79 Å². The van der Waals surface area contributed by atoms with Crippen LogP contribution in [0.25, 0.3) is 11.4 Å². The molecular weight excluding hydrogens is 447 g/mol. The maximum Gasteiger partial charge on any atom is 0.443 e. The minimum absolute atomic E-state index is 0.0294. The fourth-order valence-electron chi connectivity index (χ4n) is 3.37. The van der Waals surface area contributed by atoms with E-state index in [1.807, 2.05) is 29.2 Å². The number of benzene rings is 1. The van der Waals surface area contributed by atoms with E-state index in [1.54, 1.807) is 7.11 Å². The number of alkyl halides is 3. The molecule has 0 unspecified atom stereocenters. The number of ether oxygens (including phenoxy) is 1. The van der Waals surface area contributed by atoms with Crippen LogP contribution in [0.5, 0.6) is 5.75 Å². The molecule has 170 valence electrons. The number of aromatic nitrogens is 3. The summed E-state index contributed by atoms with van der Waals surface area (Å²) in [6.07, 6.45) is -2.18. The first-order chi connectivity index (χ1) is 15.3. The zero-order valence-electron chi connectivity index (χ0n) is 17.1.